The van der Waals surface area contributed by atoms with Gasteiger partial charge < -0.3 is 4.90 Å². The molecule has 1 saturated heterocycles. The van der Waals surface area contributed by atoms with Crippen molar-refractivity contribution in [3.63, 3.8) is 0 Å². The Morgan fingerprint density at radius 2 is 1.97 bits per heavy atom. The van der Waals surface area contributed by atoms with E-state index >= 15 is 0 Å². The summed E-state index contributed by atoms with van der Waals surface area (Å²) >= 11 is 0. The summed E-state index contributed by atoms with van der Waals surface area (Å²) in [6, 6.07) is 11.2. The molecule has 1 amide bonds. The van der Waals surface area contributed by atoms with Crippen molar-refractivity contribution < 1.29 is 4.79 Å². The number of amides is 1. The predicted octanol–water partition coefficient (Wildman–Crippen LogP) is 3.78. The van der Waals surface area contributed by atoms with Crippen LogP contribution in [0.15, 0.2) is 35.1 Å². The molecule has 0 aliphatic carbocycles. The van der Waals surface area contributed by atoms with Crippen LogP contribution in [0.2, 0.25) is 0 Å². The molecule has 1 N–H and O–H groups in total. The van der Waals surface area contributed by atoms with Crippen LogP contribution in [0.1, 0.15) is 80.1 Å². The van der Waals surface area contributed by atoms with E-state index in [1.165, 1.54) is 24.0 Å². The third-order valence-corrected chi connectivity index (χ3v) is 7.23. The second-order valence-corrected chi connectivity index (χ2v) is 9.82. The summed E-state index contributed by atoms with van der Waals surface area (Å²) in [5, 5.41) is 3.36. The molecule has 2 aliphatic heterocycles. The molecule has 7 heteroatoms. The van der Waals surface area contributed by atoms with Gasteiger partial charge in [-0.1, -0.05) is 44.5 Å². The summed E-state index contributed by atoms with van der Waals surface area (Å²) in [7, 11) is 0. The highest BCUT2D eigenvalue weighted by atomic mass is 16.2. The zero-order chi connectivity index (χ0) is 23.1. The maximum Gasteiger partial charge on any atom is 0.277 e. The van der Waals surface area contributed by atoms with Crippen molar-refractivity contribution in [1.29, 1.82) is 0 Å². The van der Waals surface area contributed by atoms with Gasteiger partial charge in [-0.3, -0.25) is 19.6 Å². The van der Waals surface area contributed by atoms with Crippen LogP contribution in [0.3, 0.4) is 0 Å². The van der Waals surface area contributed by atoms with Crippen molar-refractivity contribution in [2.24, 2.45) is 0 Å². The minimum absolute atomic E-state index is 0.00315. The Morgan fingerprint density at radius 1 is 1.18 bits per heavy atom. The Labute approximate surface area is 194 Å². The number of hydrogen-bond donors (Lipinski definition) is 1. The minimum Gasteiger partial charge on any atom is -0.338 e. The Bertz CT molecular complexity index is 1220. The lowest BCUT2D eigenvalue weighted by atomic mass is 9.97. The van der Waals surface area contributed by atoms with Crippen LogP contribution in [0.25, 0.3) is 5.65 Å². The van der Waals surface area contributed by atoms with Crippen molar-refractivity contribution in [3.05, 3.63) is 68.8 Å². The van der Waals surface area contributed by atoms with Gasteiger partial charge in [-0.2, -0.15) is 0 Å². The van der Waals surface area contributed by atoms with Crippen molar-refractivity contribution in [2.75, 3.05) is 13.1 Å². The SMILES string of the molecule is CC(=O)N1CCc2nc3cc([C@@H]4CCCCN4Cc4ccc(C(C)C)cc4)[nH]n3c(=O)c2C1. The Hall–Kier alpha value is -2.93. The van der Waals surface area contributed by atoms with E-state index in [-0.39, 0.29) is 17.5 Å². The lowest BCUT2D eigenvalue weighted by Gasteiger charge is -2.35. The fourth-order valence-electron chi connectivity index (χ4n) is 5.21. The van der Waals surface area contributed by atoms with Crippen molar-refractivity contribution >= 4 is 11.6 Å². The number of likely N-dealkylation sites (tertiary alicyclic amines) is 1. The molecule has 7 nitrogen and oxygen atoms in total. The molecule has 5 rings (SSSR count). The number of carbonyl (C=O) groups excluding carboxylic acids is 1. The maximum absolute atomic E-state index is 13.2. The number of nitrogens with zero attached hydrogens (tertiary/aromatic N) is 4. The summed E-state index contributed by atoms with van der Waals surface area (Å²) < 4.78 is 1.57. The Balaban J connectivity index is 1.44. The molecule has 1 atom stereocenters. The highest BCUT2D eigenvalue weighted by molar-refractivity contribution is 5.73. The number of nitrogens with one attached hydrogen (secondary N) is 1. The van der Waals surface area contributed by atoms with E-state index in [0.29, 0.717) is 36.6 Å². The molecule has 0 radical (unpaired) electrons. The molecule has 0 bridgehead atoms. The first-order valence-corrected chi connectivity index (χ1v) is 12.1. The van der Waals surface area contributed by atoms with E-state index in [0.717, 1.165) is 30.9 Å². The van der Waals surface area contributed by atoms with Crippen LogP contribution in [0.4, 0.5) is 0 Å². The van der Waals surface area contributed by atoms with Crippen molar-refractivity contribution in [1.82, 2.24) is 24.4 Å². The van der Waals surface area contributed by atoms with Gasteiger partial charge >= 0.3 is 0 Å². The van der Waals surface area contributed by atoms with Gasteiger partial charge in [0.05, 0.1) is 29.5 Å². The van der Waals surface area contributed by atoms with Crippen LogP contribution in [-0.2, 0) is 24.3 Å². The van der Waals surface area contributed by atoms with Crippen LogP contribution in [0.5, 0.6) is 0 Å². The van der Waals surface area contributed by atoms with E-state index in [4.69, 9.17) is 4.98 Å². The number of fused-ring (bicyclic) bond motifs is 2. The number of rotatable bonds is 4. The van der Waals surface area contributed by atoms with Gasteiger partial charge in [0.2, 0.25) is 5.91 Å². The van der Waals surface area contributed by atoms with Gasteiger partial charge in [0, 0.05) is 32.5 Å². The maximum atomic E-state index is 13.2. The van der Waals surface area contributed by atoms with Gasteiger partial charge in [0.25, 0.3) is 5.56 Å². The molecule has 4 heterocycles. The number of benzene rings is 1. The standard InChI is InChI=1S/C26H33N5O2/c1-17(2)20-9-7-19(8-10-20)15-30-12-5-4-6-24(30)23-14-25-27-22-11-13-29(18(3)32)16-21(22)26(33)31(25)28-23/h7-10,14,17,24,28H,4-6,11-13,15-16H2,1-3H3/t24-/m0/s1. The van der Waals surface area contributed by atoms with Crippen LogP contribution < -0.4 is 5.56 Å². The first-order chi connectivity index (χ1) is 15.9. The Kier molecular flexibility index (Phi) is 5.83. The molecule has 1 aromatic carbocycles. The molecular formula is C26H33N5O2. The zero-order valence-electron chi connectivity index (χ0n) is 19.8. The summed E-state index contributed by atoms with van der Waals surface area (Å²) in [6.07, 6.45) is 4.05. The average molecular weight is 448 g/mol. The van der Waals surface area contributed by atoms with Gasteiger partial charge in [-0.25, -0.2) is 9.50 Å². The van der Waals surface area contributed by atoms with Gasteiger partial charge in [0.1, 0.15) is 0 Å². The average Bonchev–Trinajstić information content (AvgIpc) is 3.24. The molecule has 33 heavy (non-hydrogen) atoms. The summed E-state index contributed by atoms with van der Waals surface area (Å²) in [5.74, 6) is 0.531. The number of H-pyrrole nitrogens is 1. The van der Waals surface area contributed by atoms with Crippen LogP contribution in [-0.4, -0.2) is 43.4 Å². The predicted molar refractivity (Wildman–Crippen MR) is 128 cm³/mol. The molecule has 2 aromatic heterocycles. The smallest absolute Gasteiger partial charge is 0.277 e. The molecular weight excluding hydrogens is 414 g/mol. The van der Waals surface area contributed by atoms with Gasteiger partial charge in [-0.15, -0.1) is 0 Å². The number of aromatic amines is 1. The van der Waals surface area contributed by atoms with E-state index < -0.39 is 0 Å². The van der Waals surface area contributed by atoms with E-state index in [1.54, 1.807) is 16.3 Å². The summed E-state index contributed by atoms with van der Waals surface area (Å²) in [6.45, 7) is 8.89. The molecule has 3 aromatic rings. The fourth-order valence-corrected chi connectivity index (χ4v) is 5.21. The monoisotopic (exact) mass is 447 g/mol. The number of hydrogen-bond acceptors (Lipinski definition) is 4. The molecule has 0 unspecified atom stereocenters. The van der Waals surface area contributed by atoms with Gasteiger partial charge in [-0.05, 0) is 36.4 Å². The lowest BCUT2D eigenvalue weighted by molar-refractivity contribution is -0.129. The normalized spacial score (nSPS) is 19.3. The third-order valence-electron chi connectivity index (χ3n) is 7.23. The Morgan fingerprint density at radius 3 is 2.70 bits per heavy atom. The van der Waals surface area contributed by atoms with E-state index in [2.05, 4.69) is 48.1 Å². The molecule has 2 aliphatic rings. The largest absolute Gasteiger partial charge is 0.338 e. The first kappa shape index (κ1) is 21.9. The third kappa shape index (κ3) is 4.22. The van der Waals surface area contributed by atoms with E-state index in [9.17, 15) is 9.59 Å². The second-order valence-electron chi connectivity index (χ2n) is 9.82. The summed E-state index contributed by atoms with van der Waals surface area (Å²) in [4.78, 5) is 34.1. The van der Waals surface area contributed by atoms with Crippen LogP contribution >= 0.6 is 0 Å². The first-order valence-electron chi connectivity index (χ1n) is 12.1. The minimum atomic E-state index is -0.0844. The van der Waals surface area contributed by atoms with Crippen LogP contribution in [0, 0.1) is 0 Å². The summed E-state index contributed by atoms with van der Waals surface area (Å²) in [5.41, 5.74) is 5.78. The lowest BCUT2D eigenvalue weighted by Crippen LogP contribution is -2.39. The van der Waals surface area contributed by atoms with Crippen molar-refractivity contribution in [3.8, 4) is 0 Å². The number of aromatic nitrogens is 3. The quantitative estimate of drug-likeness (QED) is 0.661. The molecule has 0 saturated carbocycles. The van der Waals surface area contributed by atoms with E-state index in [1.807, 2.05) is 6.07 Å². The zero-order valence-corrected chi connectivity index (χ0v) is 19.8. The topological polar surface area (TPSA) is 73.7 Å². The number of piperidine rings is 1. The fraction of sp³-hybridized carbons (Fsp3) is 0.500. The second kappa shape index (κ2) is 8.78. The highest BCUT2D eigenvalue weighted by Crippen LogP contribution is 2.32. The molecule has 1 fully saturated rings. The van der Waals surface area contributed by atoms with Crippen molar-refractivity contribution in [2.45, 2.75) is 71.5 Å². The highest BCUT2D eigenvalue weighted by Gasteiger charge is 2.28. The molecule has 0 spiro atoms. The molecule has 174 valence electrons. The number of carbonyl (C=O) groups is 1. The van der Waals surface area contributed by atoms with Gasteiger partial charge in [0.15, 0.2) is 5.65 Å².